The molecule has 0 radical (unpaired) electrons. The molecular formula is C11H19N3O. The van der Waals surface area contributed by atoms with Crippen LogP contribution in [0.4, 0.5) is 0 Å². The van der Waals surface area contributed by atoms with E-state index in [1.807, 2.05) is 17.9 Å². The highest BCUT2D eigenvalue weighted by atomic mass is 16.5. The second-order valence-electron chi connectivity index (χ2n) is 4.29. The van der Waals surface area contributed by atoms with Crippen molar-refractivity contribution >= 4 is 0 Å². The minimum Gasteiger partial charge on any atom is -0.381 e. The lowest BCUT2D eigenvalue weighted by Crippen LogP contribution is -2.44. The van der Waals surface area contributed by atoms with Crippen LogP contribution in [0.3, 0.4) is 0 Å². The zero-order chi connectivity index (χ0) is 10.8. The molecule has 1 heterocycles. The predicted octanol–water partition coefficient (Wildman–Crippen LogP) is 0.996. The van der Waals surface area contributed by atoms with Crippen molar-refractivity contribution in [2.75, 3.05) is 7.11 Å². The Bertz CT molecular complexity index is 329. The smallest absolute Gasteiger partial charge is 0.0601 e. The molecule has 1 aliphatic rings. The third kappa shape index (κ3) is 2.21. The predicted molar refractivity (Wildman–Crippen MR) is 58.6 cm³/mol. The fraction of sp³-hybridized carbons (Fsp3) is 0.727. The Kier molecular flexibility index (Phi) is 3.07. The molecule has 2 rings (SSSR count). The van der Waals surface area contributed by atoms with Gasteiger partial charge in [-0.05, 0) is 19.8 Å². The monoisotopic (exact) mass is 209 g/mol. The van der Waals surface area contributed by atoms with Crippen LogP contribution in [0.25, 0.3) is 0 Å². The third-order valence-electron chi connectivity index (χ3n) is 3.35. The van der Waals surface area contributed by atoms with Gasteiger partial charge < -0.3 is 10.1 Å². The molecule has 0 aliphatic heterocycles. The molecule has 4 heteroatoms. The van der Waals surface area contributed by atoms with Crippen molar-refractivity contribution < 1.29 is 4.74 Å². The number of ether oxygens (including phenoxy) is 1. The zero-order valence-corrected chi connectivity index (χ0v) is 9.66. The molecule has 1 aromatic heterocycles. The van der Waals surface area contributed by atoms with Crippen molar-refractivity contribution in [3.8, 4) is 0 Å². The summed E-state index contributed by atoms with van der Waals surface area (Å²) in [6, 6.07) is 0.620. The number of hydrogen-bond donors (Lipinski definition) is 1. The number of nitrogens with zero attached hydrogens (tertiary/aromatic N) is 2. The van der Waals surface area contributed by atoms with Crippen LogP contribution < -0.4 is 5.32 Å². The minimum atomic E-state index is 0.470. The first-order valence-corrected chi connectivity index (χ1v) is 5.44. The molecule has 1 saturated carbocycles. The van der Waals surface area contributed by atoms with Crippen LogP contribution in [0.1, 0.15) is 24.1 Å². The summed E-state index contributed by atoms with van der Waals surface area (Å²) in [6.45, 7) is 3.02. The first kappa shape index (κ1) is 10.6. The van der Waals surface area contributed by atoms with Gasteiger partial charge in [-0.15, -0.1) is 0 Å². The summed E-state index contributed by atoms with van der Waals surface area (Å²) in [5, 5.41) is 7.74. The summed E-state index contributed by atoms with van der Waals surface area (Å²) in [6.07, 6.45) is 4.68. The second kappa shape index (κ2) is 4.33. The van der Waals surface area contributed by atoms with E-state index in [1.54, 1.807) is 7.11 Å². The van der Waals surface area contributed by atoms with Crippen molar-refractivity contribution in [2.24, 2.45) is 7.05 Å². The van der Waals surface area contributed by atoms with Crippen molar-refractivity contribution in [3.05, 3.63) is 17.5 Å². The molecule has 0 saturated heterocycles. The molecule has 0 aromatic carbocycles. The molecule has 0 unspecified atom stereocenters. The van der Waals surface area contributed by atoms with Crippen LogP contribution in [0.15, 0.2) is 6.20 Å². The van der Waals surface area contributed by atoms with Crippen molar-refractivity contribution in [3.63, 3.8) is 0 Å². The maximum atomic E-state index is 5.24. The van der Waals surface area contributed by atoms with Gasteiger partial charge in [-0.3, -0.25) is 4.68 Å². The standard InChI is InChI=1S/C11H19N3O/c1-8-9(7-13-14(8)2)6-12-10-4-11(5-10)15-3/h7,10-12H,4-6H2,1-3H3. The highest BCUT2D eigenvalue weighted by molar-refractivity contribution is 5.15. The van der Waals surface area contributed by atoms with E-state index >= 15 is 0 Å². The molecule has 1 fully saturated rings. The SMILES string of the molecule is COC1CC(NCc2cnn(C)c2C)C1. The summed E-state index contributed by atoms with van der Waals surface area (Å²) in [5.41, 5.74) is 2.53. The Balaban J connectivity index is 1.77. The molecule has 1 N–H and O–H groups in total. The number of hydrogen-bond acceptors (Lipinski definition) is 3. The molecule has 0 atom stereocenters. The van der Waals surface area contributed by atoms with E-state index in [2.05, 4.69) is 17.3 Å². The van der Waals surface area contributed by atoms with Gasteiger partial charge in [0.25, 0.3) is 0 Å². The molecule has 1 aromatic rings. The number of nitrogens with one attached hydrogen (secondary N) is 1. The van der Waals surface area contributed by atoms with Gasteiger partial charge in [0.1, 0.15) is 0 Å². The van der Waals surface area contributed by atoms with E-state index in [0.717, 1.165) is 19.4 Å². The lowest BCUT2D eigenvalue weighted by Gasteiger charge is -2.34. The van der Waals surface area contributed by atoms with Crippen LogP contribution >= 0.6 is 0 Å². The maximum absolute atomic E-state index is 5.24. The van der Waals surface area contributed by atoms with Crippen molar-refractivity contribution in [2.45, 2.75) is 38.5 Å². The van der Waals surface area contributed by atoms with Crippen molar-refractivity contribution in [1.82, 2.24) is 15.1 Å². The van der Waals surface area contributed by atoms with E-state index in [1.165, 1.54) is 11.3 Å². The maximum Gasteiger partial charge on any atom is 0.0601 e. The van der Waals surface area contributed by atoms with Crippen LogP contribution in [0, 0.1) is 6.92 Å². The number of aryl methyl sites for hydroxylation is 1. The Morgan fingerprint density at radius 2 is 2.33 bits per heavy atom. The van der Waals surface area contributed by atoms with Gasteiger partial charge in [0.05, 0.1) is 12.3 Å². The third-order valence-corrected chi connectivity index (χ3v) is 3.35. The first-order chi connectivity index (χ1) is 7.20. The van der Waals surface area contributed by atoms with Crippen LogP contribution in [-0.4, -0.2) is 29.0 Å². The quantitative estimate of drug-likeness (QED) is 0.804. The van der Waals surface area contributed by atoms with Crippen LogP contribution in [0.2, 0.25) is 0 Å². The lowest BCUT2D eigenvalue weighted by atomic mass is 9.89. The summed E-state index contributed by atoms with van der Waals surface area (Å²) in [7, 11) is 3.76. The van der Waals surface area contributed by atoms with Crippen LogP contribution in [0.5, 0.6) is 0 Å². The molecule has 0 amide bonds. The van der Waals surface area contributed by atoms with E-state index in [4.69, 9.17) is 4.74 Å². The molecule has 0 bridgehead atoms. The Morgan fingerprint density at radius 3 is 2.87 bits per heavy atom. The zero-order valence-electron chi connectivity index (χ0n) is 9.66. The van der Waals surface area contributed by atoms with Crippen LogP contribution in [-0.2, 0) is 18.3 Å². The largest absolute Gasteiger partial charge is 0.381 e. The Morgan fingerprint density at radius 1 is 1.60 bits per heavy atom. The lowest BCUT2D eigenvalue weighted by molar-refractivity contribution is 0.0170. The average Bonchev–Trinajstić information content (AvgIpc) is 2.47. The molecule has 0 spiro atoms. The molecule has 4 nitrogen and oxygen atoms in total. The summed E-state index contributed by atoms with van der Waals surface area (Å²) in [4.78, 5) is 0. The second-order valence-corrected chi connectivity index (χ2v) is 4.29. The number of methoxy groups -OCH3 is 1. The summed E-state index contributed by atoms with van der Waals surface area (Å²) in [5.74, 6) is 0. The van der Waals surface area contributed by atoms with Gasteiger partial charge in [0.15, 0.2) is 0 Å². The highest BCUT2D eigenvalue weighted by Gasteiger charge is 2.28. The topological polar surface area (TPSA) is 39.1 Å². The van der Waals surface area contributed by atoms with Gasteiger partial charge in [0.2, 0.25) is 0 Å². The minimum absolute atomic E-state index is 0.470. The molecule has 15 heavy (non-hydrogen) atoms. The van der Waals surface area contributed by atoms with E-state index < -0.39 is 0 Å². The molecule has 1 aliphatic carbocycles. The van der Waals surface area contributed by atoms with E-state index in [0.29, 0.717) is 12.1 Å². The average molecular weight is 209 g/mol. The van der Waals surface area contributed by atoms with Gasteiger partial charge in [-0.1, -0.05) is 0 Å². The summed E-state index contributed by atoms with van der Waals surface area (Å²) < 4.78 is 7.15. The first-order valence-electron chi connectivity index (χ1n) is 5.44. The number of aromatic nitrogens is 2. The van der Waals surface area contributed by atoms with E-state index in [9.17, 15) is 0 Å². The highest BCUT2D eigenvalue weighted by Crippen LogP contribution is 2.22. The van der Waals surface area contributed by atoms with Crippen molar-refractivity contribution in [1.29, 1.82) is 0 Å². The van der Waals surface area contributed by atoms with Gasteiger partial charge in [0, 0.05) is 38.0 Å². The van der Waals surface area contributed by atoms with Gasteiger partial charge in [-0.25, -0.2) is 0 Å². The van der Waals surface area contributed by atoms with E-state index in [-0.39, 0.29) is 0 Å². The van der Waals surface area contributed by atoms with Gasteiger partial charge in [-0.2, -0.15) is 5.10 Å². The molecular weight excluding hydrogens is 190 g/mol. The Labute approximate surface area is 90.6 Å². The molecule has 84 valence electrons. The summed E-state index contributed by atoms with van der Waals surface area (Å²) >= 11 is 0. The fourth-order valence-electron chi connectivity index (χ4n) is 1.90. The number of rotatable bonds is 4. The normalized spacial score (nSPS) is 25.3. The van der Waals surface area contributed by atoms with Gasteiger partial charge >= 0.3 is 0 Å². The Hall–Kier alpha value is -0.870. The fourth-order valence-corrected chi connectivity index (χ4v) is 1.90.